The van der Waals surface area contributed by atoms with E-state index in [1.54, 1.807) is 18.7 Å². The van der Waals surface area contributed by atoms with Gasteiger partial charge in [0.05, 0.1) is 20.8 Å². The quantitative estimate of drug-likeness (QED) is 0.354. The summed E-state index contributed by atoms with van der Waals surface area (Å²) in [5, 5.41) is 6.96. The average molecular weight is 480 g/mol. The first-order valence-electron chi connectivity index (χ1n) is 9.30. The van der Waals surface area contributed by atoms with Gasteiger partial charge in [-0.2, -0.15) is 0 Å². The summed E-state index contributed by atoms with van der Waals surface area (Å²) in [7, 11) is 0. The monoisotopic (exact) mass is 478 g/mol. The van der Waals surface area contributed by atoms with Gasteiger partial charge in [0.2, 0.25) is 5.91 Å². The van der Waals surface area contributed by atoms with Crippen LogP contribution in [0.3, 0.4) is 0 Å². The zero-order valence-corrected chi connectivity index (χ0v) is 19.8. The van der Waals surface area contributed by atoms with Gasteiger partial charge in [-0.1, -0.05) is 52.6 Å². The standard InChI is InChI=1S/C23H21Cl3N2OS/c1-13-4-7-18(10-14(13)2)30-17-8-5-16(6-9-17)27-15(3)23(29)28-22-12-20(25)19(24)11-21(22)26/h4-12,15,27H,1-3H3,(H,28,29). The molecule has 0 radical (unpaired) electrons. The first-order chi connectivity index (χ1) is 14.2. The second-order valence-corrected chi connectivity index (χ2v) is 9.34. The zero-order valence-electron chi connectivity index (χ0n) is 16.7. The number of carbonyl (C=O) groups is 1. The van der Waals surface area contributed by atoms with Crippen molar-refractivity contribution in [2.24, 2.45) is 0 Å². The Morgan fingerprint density at radius 1 is 0.833 bits per heavy atom. The van der Waals surface area contributed by atoms with Gasteiger partial charge >= 0.3 is 0 Å². The lowest BCUT2D eigenvalue weighted by Crippen LogP contribution is -2.31. The molecule has 0 spiro atoms. The molecule has 3 nitrogen and oxygen atoms in total. The highest BCUT2D eigenvalue weighted by molar-refractivity contribution is 7.99. The van der Waals surface area contributed by atoms with E-state index in [4.69, 9.17) is 34.8 Å². The maximum Gasteiger partial charge on any atom is 0.246 e. The van der Waals surface area contributed by atoms with E-state index >= 15 is 0 Å². The molecule has 3 aromatic rings. The number of rotatable bonds is 6. The molecule has 1 amide bonds. The summed E-state index contributed by atoms with van der Waals surface area (Å²) in [6.07, 6.45) is 0. The number of hydrogen-bond donors (Lipinski definition) is 2. The Bertz CT molecular complexity index is 1070. The summed E-state index contributed by atoms with van der Waals surface area (Å²) >= 11 is 19.8. The van der Waals surface area contributed by atoms with Gasteiger partial charge < -0.3 is 10.6 Å². The lowest BCUT2D eigenvalue weighted by atomic mass is 10.1. The summed E-state index contributed by atoms with van der Waals surface area (Å²) < 4.78 is 0. The van der Waals surface area contributed by atoms with E-state index < -0.39 is 6.04 Å². The number of anilines is 2. The summed E-state index contributed by atoms with van der Waals surface area (Å²) in [5.74, 6) is -0.233. The normalized spacial score (nSPS) is 11.8. The number of carbonyl (C=O) groups excluding carboxylic acids is 1. The third-order valence-electron chi connectivity index (χ3n) is 4.61. The summed E-state index contributed by atoms with van der Waals surface area (Å²) in [6.45, 7) is 6.00. The molecule has 0 aliphatic rings. The van der Waals surface area contributed by atoms with Gasteiger partial charge in [0.1, 0.15) is 6.04 Å². The molecule has 1 atom stereocenters. The lowest BCUT2D eigenvalue weighted by molar-refractivity contribution is -0.116. The van der Waals surface area contributed by atoms with Crippen LogP contribution >= 0.6 is 46.6 Å². The Kier molecular flexibility index (Phi) is 7.59. The molecule has 1 unspecified atom stereocenters. The van der Waals surface area contributed by atoms with Crippen molar-refractivity contribution in [2.45, 2.75) is 36.6 Å². The van der Waals surface area contributed by atoms with E-state index in [0.717, 1.165) is 10.6 Å². The van der Waals surface area contributed by atoms with Crippen LogP contribution in [0.2, 0.25) is 15.1 Å². The Morgan fingerprint density at radius 3 is 2.13 bits per heavy atom. The first kappa shape index (κ1) is 22.8. The number of benzene rings is 3. The largest absolute Gasteiger partial charge is 0.374 e. The zero-order chi connectivity index (χ0) is 21.8. The fourth-order valence-electron chi connectivity index (χ4n) is 2.71. The molecule has 0 bridgehead atoms. The van der Waals surface area contributed by atoms with Gasteiger partial charge in [-0.25, -0.2) is 0 Å². The Morgan fingerprint density at radius 2 is 1.47 bits per heavy atom. The molecule has 0 aliphatic carbocycles. The second kappa shape index (κ2) is 9.97. The molecule has 0 aliphatic heterocycles. The average Bonchev–Trinajstić information content (AvgIpc) is 2.70. The fourth-order valence-corrected chi connectivity index (χ4v) is 4.22. The molecule has 3 aromatic carbocycles. The number of nitrogens with one attached hydrogen (secondary N) is 2. The van der Waals surface area contributed by atoms with Gasteiger partial charge in [-0.3, -0.25) is 4.79 Å². The van der Waals surface area contributed by atoms with Crippen molar-refractivity contribution < 1.29 is 4.79 Å². The molecule has 0 fully saturated rings. The Hall–Kier alpha value is -1.85. The number of aryl methyl sites for hydroxylation is 2. The Balaban J connectivity index is 1.61. The molecule has 156 valence electrons. The van der Waals surface area contributed by atoms with Crippen LogP contribution in [-0.2, 0) is 4.79 Å². The molecular formula is C23H21Cl3N2OS. The molecule has 7 heteroatoms. The minimum absolute atomic E-state index is 0.233. The van der Waals surface area contributed by atoms with Crippen molar-refractivity contribution in [1.29, 1.82) is 0 Å². The van der Waals surface area contributed by atoms with Crippen molar-refractivity contribution in [3.63, 3.8) is 0 Å². The van der Waals surface area contributed by atoms with Gasteiger partial charge in [0.15, 0.2) is 0 Å². The fraction of sp³-hybridized carbons (Fsp3) is 0.174. The van der Waals surface area contributed by atoms with Crippen LogP contribution in [0.5, 0.6) is 0 Å². The van der Waals surface area contributed by atoms with Crippen molar-refractivity contribution >= 4 is 63.8 Å². The molecule has 0 heterocycles. The number of amides is 1. The van der Waals surface area contributed by atoms with E-state index in [1.807, 2.05) is 24.3 Å². The first-order valence-corrected chi connectivity index (χ1v) is 11.2. The molecular weight excluding hydrogens is 459 g/mol. The predicted molar refractivity (Wildman–Crippen MR) is 130 cm³/mol. The Labute approximate surface area is 196 Å². The van der Waals surface area contributed by atoms with Gasteiger partial charge in [-0.15, -0.1) is 0 Å². The van der Waals surface area contributed by atoms with Crippen LogP contribution in [0.25, 0.3) is 0 Å². The second-order valence-electron chi connectivity index (χ2n) is 6.97. The molecule has 0 saturated heterocycles. The minimum Gasteiger partial charge on any atom is -0.374 e. The van der Waals surface area contributed by atoms with Gasteiger partial charge in [0.25, 0.3) is 0 Å². The lowest BCUT2D eigenvalue weighted by Gasteiger charge is -2.16. The van der Waals surface area contributed by atoms with Crippen LogP contribution in [-0.4, -0.2) is 11.9 Å². The molecule has 0 aromatic heterocycles. The number of hydrogen-bond acceptors (Lipinski definition) is 3. The third-order valence-corrected chi connectivity index (χ3v) is 6.65. The van der Waals surface area contributed by atoms with Crippen molar-refractivity contribution in [2.75, 3.05) is 10.6 Å². The van der Waals surface area contributed by atoms with E-state index in [1.165, 1.54) is 28.2 Å². The predicted octanol–water partition coefficient (Wildman–Crippen LogP) is 7.85. The van der Waals surface area contributed by atoms with Crippen LogP contribution in [0.4, 0.5) is 11.4 Å². The van der Waals surface area contributed by atoms with Crippen LogP contribution in [0.15, 0.2) is 64.4 Å². The molecule has 3 rings (SSSR count). The van der Waals surface area contributed by atoms with Crippen LogP contribution in [0.1, 0.15) is 18.1 Å². The van der Waals surface area contributed by atoms with Crippen molar-refractivity contribution in [3.05, 3.63) is 80.8 Å². The highest BCUT2D eigenvalue weighted by atomic mass is 35.5. The minimum atomic E-state index is -0.478. The van der Waals surface area contributed by atoms with E-state index in [2.05, 4.69) is 42.7 Å². The third kappa shape index (κ3) is 5.86. The molecule has 30 heavy (non-hydrogen) atoms. The van der Waals surface area contributed by atoms with E-state index in [-0.39, 0.29) is 5.91 Å². The van der Waals surface area contributed by atoms with Crippen molar-refractivity contribution in [1.82, 2.24) is 0 Å². The molecule has 2 N–H and O–H groups in total. The highest BCUT2D eigenvalue weighted by Crippen LogP contribution is 2.33. The van der Waals surface area contributed by atoms with Gasteiger partial charge in [-0.05, 0) is 80.4 Å². The van der Waals surface area contributed by atoms with Crippen LogP contribution in [0, 0.1) is 13.8 Å². The van der Waals surface area contributed by atoms with Gasteiger partial charge in [0, 0.05) is 15.5 Å². The highest BCUT2D eigenvalue weighted by Gasteiger charge is 2.15. The van der Waals surface area contributed by atoms with Crippen molar-refractivity contribution in [3.8, 4) is 0 Å². The molecule has 0 saturated carbocycles. The smallest absolute Gasteiger partial charge is 0.246 e. The summed E-state index contributed by atoms with van der Waals surface area (Å²) in [6, 6.07) is 17.0. The maximum absolute atomic E-state index is 12.5. The summed E-state index contributed by atoms with van der Waals surface area (Å²) in [4.78, 5) is 14.8. The SMILES string of the molecule is Cc1ccc(Sc2ccc(NC(C)C(=O)Nc3cc(Cl)c(Cl)cc3Cl)cc2)cc1C. The summed E-state index contributed by atoms with van der Waals surface area (Å²) in [5.41, 5.74) is 3.83. The number of halogens is 3. The van der Waals surface area contributed by atoms with E-state index in [9.17, 15) is 4.79 Å². The van der Waals surface area contributed by atoms with E-state index in [0.29, 0.717) is 20.8 Å². The topological polar surface area (TPSA) is 41.1 Å². The maximum atomic E-state index is 12.5. The van der Waals surface area contributed by atoms with Crippen LogP contribution < -0.4 is 10.6 Å².